The zero-order chi connectivity index (χ0) is 14.2. The third kappa shape index (κ3) is 3.66. The van der Waals surface area contributed by atoms with Crippen molar-refractivity contribution in [2.45, 2.75) is 33.2 Å². The number of hydrogen-bond acceptors (Lipinski definition) is 5. The van der Waals surface area contributed by atoms with Crippen LogP contribution in [0.15, 0.2) is 30.7 Å². The lowest BCUT2D eigenvalue weighted by Gasteiger charge is -2.14. The Morgan fingerprint density at radius 3 is 2.45 bits per heavy atom. The number of rotatable bonds is 7. The third-order valence-electron chi connectivity index (χ3n) is 2.95. The van der Waals surface area contributed by atoms with E-state index in [-0.39, 0.29) is 0 Å². The maximum absolute atomic E-state index is 4.37. The van der Waals surface area contributed by atoms with Gasteiger partial charge in [-0.25, -0.2) is 9.97 Å². The zero-order valence-corrected chi connectivity index (χ0v) is 12.1. The molecule has 0 aliphatic rings. The fourth-order valence-corrected chi connectivity index (χ4v) is 2.05. The van der Waals surface area contributed by atoms with Crippen LogP contribution in [0.4, 0.5) is 11.6 Å². The second-order valence-electron chi connectivity index (χ2n) is 4.50. The summed E-state index contributed by atoms with van der Waals surface area (Å²) in [6, 6.07) is 5.90. The van der Waals surface area contributed by atoms with Crippen molar-refractivity contribution in [3.05, 3.63) is 42.0 Å². The molecule has 0 unspecified atom stereocenters. The molecule has 2 aromatic rings. The first-order valence-electron chi connectivity index (χ1n) is 7.06. The summed E-state index contributed by atoms with van der Waals surface area (Å²) >= 11 is 0. The van der Waals surface area contributed by atoms with Gasteiger partial charge in [-0.2, -0.15) is 0 Å². The van der Waals surface area contributed by atoms with Crippen molar-refractivity contribution in [3.63, 3.8) is 0 Å². The molecule has 0 bridgehead atoms. The minimum atomic E-state index is 0.667. The van der Waals surface area contributed by atoms with Gasteiger partial charge in [-0.1, -0.05) is 19.4 Å². The Bertz CT molecular complexity index is 527. The lowest BCUT2D eigenvalue weighted by atomic mass is 10.1. The Hall–Kier alpha value is -2.17. The van der Waals surface area contributed by atoms with E-state index < -0.39 is 0 Å². The normalized spacial score (nSPS) is 10.3. The van der Waals surface area contributed by atoms with Crippen LogP contribution in [0.5, 0.6) is 0 Å². The van der Waals surface area contributed by atoms with Crippen molar-refractivity contribution in [1.82, 2.24) is 15.0 Å². The molecule has 0 spiro atoms. The molecule has 5 nitrogen and oxygen atoms in total. The zero-order valence-electron chi connectivity index (χ0n) is 12.1. The van der Waals surface area contributed by atoms with Crippen LogP contribution in [0.2, 0.25) is 0 Å². The van der Waals surface area contributed by atoms with E-state index in [4.69, 9.17) is 0 Å². The average Bonchev–Trinajstić information content (AvgIpc) is 2.49. The second-order valence-corrected chi connectivity index (χ2v) is 4.50. The largest absolute Gasteiger partial charge is 0.370 e. The van der Waals surface area contributed by atoms with Crippen LogP contribution in [-0.4, -0.2) is 21.5 Å². The molecule has 106 valence electrons. The molecule has 0 atom stereocenters. The van der Waals surface area contributed by atoms with Gasteiger partial charge < -0.3 is 10.6 Å². The van der Waals surface area contributed by atoms with Gasteiger partial charge in [-0.15, -0.1) is 0 Å². The molecule has 2 aromatic heterocycles. The second kappa shape index (κ2) is 7.43. The molecule has 0 fully saturated rings. The van der Waals surface area contributed by atoms with Gasteiger partial charge in [0.05, 0.1) is 12.2 Å². The van der Waals surface area contributed by atoms with Crippen LogP contribution in [0, 0.1) is 0 Å². The Labute approximate surface area is 119 Å². The highest BCUT2D eigenvalue weighted by molar-refractivity contribution is 5.57. The highest BCUT2D eigenvalue weighted by Crippen LogP contribution is 2.21. The summed E-state index contributed by atoms with van der Waals surface area (Å²) in [5.41, 5.74) is 2.14. The SMILES string of the molecule is CCCc1c(NCC)ncnc1NCc1ccccn1. The van der Waals surface area contributed by atoms with Gasteiger partial charge in [0.1, 0.15) is 18.0 Å². The predicted molar refractivity (Wildman–Crippen MR) is 81.8 cm³/mol. The van der Waals surface area contributed by atoms with Crippen LogP contribution < -0.4 is 10.6 Å². The molecule has 0 radical (unpaired) electrons. The summed E-state index contributed by atoms with van der Waals surface area (Å²) < 4.78 is 0. The summed E-state index contributed by atoms with van der Waals surface area (Å²) in [5, 5.41) is 6.65. The van der Waals surface area contributed by atoms with Gasteiger partial charge in [-0.05, 0) is 25.5 Å². The molecule has 0 aliphatic heterocycles. The Morgan fingerprint density at radius 1 is 1.00 bits per heavy atom. The molecule has 0 aliphatic carbocycles. The van der Waals surface area contributed by atoms with E-state index in [1.54, 1.807) is 12.5 Å². The van der Waals surface area contributed by atoms with Crippen LogP contribution in [0.3, 0.4) is 0 Å². The number of nitrogens with zero attached hydrogens (tertiary/aromatic N) is 3. The maximum Gasteiger partial charge on any atom is 0.135 e. The fraction of sp³-hybridized carbons (Fsp3) is 0.400. The monoisotopic (exact) mass is 271 g/mol. The van der Waals surface area contributed by atoms with Crippen LogP contribution in [-0.2, 0) is 13.0 Å². The minimum Gasteiger partial charge on any atom is -0.370 e. The van der Waals surface area contributed by atoms with E-state index in [1.807, 2.05) is 18.2 Å². The van der Waals surface area contributed by atoms with Crippen molar-refractivity contribution in [1.29, 1.82) is 0 Å². The molecule has 2 heterocycles. The summed E-state index contributed by atoms with van der Waals surface area (Å²) in [5.74, 6) is 1.82. The Balaban J connectivity index is 2.15. The highest BCUT2D eigenvalue weighted by Gasteiger charge is 2.10. The Kier molecular flexibility index (Phi) is 5.29. The van der Waals surface area contributed by atoms with Crippen molar-refractivity contribution >= 4 is 11.6 Å². The van der Waals surface area contributed by atoms with E-state index in [9.17, 15) is 0 Å². The van der Waals surface area contributed by atoms with E-state index in [0.717, 1.165) is 42.3 Å². The van der Waals surface area contributed by atoms with Gasteiger partial charge in [0.2, 0.25) is 0 Å². The molecule has 2 rings (SSSR count). The summed E-state index contributed by atoms with van der Waals surface area (Å²) in [6.45, 7) is 5.75. The minimum absolute atomic E-state index is 0.667. The fourth-order valence-electron chi connectivity index (χ4n) is 2.05. The van der Waals surface area contributed by atoms with Crippen LogP contribution >= 0.6 is 0 Å². The van der Waals surface area contributed by atoms with Gasteiger partial charge in [0, 0.05) is 18.3 Å². The highest BCUT2D eigenvalue weighted by atomic mass is 15.1. The lowest BCUT2D eigenvalue weighted by molar-refractivity contribution is 0.893. The molecule has 5 heteroatoms. The summed E-state index contributed by atoms with van der Waals surface area (Å²) in [7, 11) is 0. The van der Waals surface area contributed by atoms with E-state index in [0.29, 0.717) is 6.54 Å². The molecule has 2 N–H and O–H groups in total. The first kappa shape index (κ1) is 14.2. The van der Waals surface area contributed by atoms with Crippen molar-refractivity contribution in [2.24, 2.45) is 0 Å². The maximum atomic E-state index is 4.37. The molecule has 0 saturated heterocycles. The first-order chi connectivity index (χ1) is 9.85. The number of anilines is 2. The van der Waals surface area contributed by atoms with Gasteiger partial charge >= 0.3 is 0 Å². The summed E-state index contributed by atoms with van der Waals surface area (Å²) in [4.78, 5) is 13.0. The first-order valence-corrected chi connectivity index (χ1v) is 7.06. The number of aromatic nitrogens is 3. The average molecular weight is 271 g/mol. The molecule has 0 saturated carbocycles. The quantitative estimate of drug-likeness (QED) is 0.810. The van der Waals surface area contributed by atoms with Crippen molar-refractivity contribution in [2.75, 3.05) is 17.2 Å². The Morgan fingerprint density at radius 2 is 1.80 bits per heavy atom. The number of nitrogens with one attached hydrogen (secondary N) is 2. The number of pyridine rings is 1. The number of hydrogen-bond donors (Lipinski definition) is 2. The van der Waals surface area contributed by atoms with Crippen LogP contribution in [0.1, 0.15) is 31.5 Å². The standard InChI is InChI=1S/C15H21N5/c1-3-7-13-14(16-4-2)19-11-20-15(13)18-10-12-8-5-6-9-17-12/h5-6,8-9,11H,3-4,7,10H2,1-2H3,(H2,16,18,19,20). The van der Waals surface area contributed by atoms with Gasteiger partial charge in [-0.3, -0.25) is 4.98 Å². The van der Waals surface area contributed by atoms with Crippen molar-refractivity contribution < 1.29 is 0 Å². The molecule has 0 amide bonds. The van der Waals surface area contributed by atoms with Crippen LogP contribution in [0.25, 0.3) is 0 Å². The molecular weight excluding hydrogens is 250 g/mol. The molecular formula is C15H21N5. The molecule has 20 heavy (non-hydrogen) atoms. The molecule has 0 aromatic carbocycles. The lowest BCUT2D eigenvalue weighted by Crippen LogP contribution is -2.10. The topological polar surface area (TPSA) is 62.7 Å². The smallest absolute Gasteiger partial charge is 0.135 e. The van der Waals surface area contributed by atoms with Gasteiger partial charge in [0.25, 0.3) is 0 Å². The van der Waals surface area contributed by atoms with E-state index >= 15 is 0 Å². The van der Waals surface area contributed by atoms with Crippen molar-refractivity contribution in [3.8, 4) is 0 Å². The summed E-state index contributed by atoms with van der Waals surface area (Å²) in [6.07, 6.45) is 5.41. The third-order valence-corrected chi connectivity index (χ3v) is 2.95. The van der Waals surface area contributed by atoms with Gasteiger partial charge in [0.15, 0.2) is 0 Å². The van der Waals surface area contributed by atoms with E-state index in [2.05, 4.69) is 39.4 Å². The van der Waals surface area contributed by atoms with E-state index in [1.165, 1.54) is 0 Å². The predicted octanol–water partition coefficient (Wildman–Crippen LogP) is 2.87.